The molecule has 0 saturated carbocycles. The Hall–Kier alpha value is -1.35. The molecular weight excluding hydrogens is 190 g/mol. The quantitative estimate of drug-likeness (QED) is 0.598. The second kappa shape index (κ2) is 4.45. The van der Waals surface area contributed by atoms with Gasteiger partial charge in [0, 0.05) is 6.42 Å². The van der Waals surface area contributed by atoms with E-state index in [1.165, 1.54) is 0 Å². The Morgan fingerprint density at radius 1 is 1.27 bits per heavy atom. The molecule has 15 heavy (non-hydrogen) atoms. The molecule has 0 saturated heterocycles. The minimum Gasteiger partial charge on any atom is -0.281 e. The van der Waals surface area contributed by atoms with Crippen LogP contribution in [0.3, 0.4) is 0 Å². The van der Waals surface area contributed by atoms with Gasteiger partial charge in [-0.1, -0.05) is 39.0 Å². The molecule has 1 amide bonds. The highest BCUT2D eigenvalue weighted by Crippen LogP contribution is 2.21. The highest BCUT2D eigenvalue weighted by Gasteiger charge is 2.20. The van der Waals surface area contributed by atoms with Gasteiger partial charge in [0.2, 0.25) is 0 Å². The van der Waals surface area contributed by atoms with E-state index >= 15 is 0 Å². The summed E-state index contributed by atoms with van der Waals surface area (Å²) < 4.78 is 0. The third kappa shape index (κ3) is 3.72. The third-order valence-electron chi connectivity index (χ3n) is 1.92. The number of nitrogens with zero attached hydrogens (tertiary/aromatic N) is 1. The van der Waals surface area contributed by atoms with Crippen LogP contribution in [0, 0.1) is 5.41 Å². The van der Waals surface area contributed by atoms with Crippen molar-refractivity contribution in [2.24, 2.45) is 5.41 Å². The fourth-order valence-corrected chi connectivity index (χ4v) is 1.24. The van der Waals surface area contributed by atoms with Crippen LogP contribution in [0.5, 0.6) is 0 Å². The number of carbonyl (C=O) groups excluding carboxylic acids is 1. The molecule has 0 aliphatic heterocycles. The fraction of sp³-hybridized carbons (Fsp3) is 0.417. The number of amides is 1. The van der Waals surface area contributed by atoms with Gasteiger partial charge in [0.05, 0.1) is 5.69 Å². The van der Waals surface area contributed by atoms with Crippen LogP contribution in [0.25, 0.3) is 0 Å². The average Bonchev–Trinajstić information content (AvgIpc) is 2.15. The van der Waals surface area contributed by atoms with E-state index in [0.29, 0.717) is 17.2 Å². The first-order valence-electron chi connectivity index (χ1n) is 4.97. The fourth-order valence-electron chi connectivity index (χ4n) is 1.24. The summed E-state index contributed by atoms with van der Waals surface area (Å²) in [5.41, 5.74) is 0.388. The smallest absolute Gasteiger partial charge is 0.251 e. The molecule has 1 N–H and O–H groups in total. The van der Waals surface area contributed by atoms with Gasteiger partial charge in [-0.15, -0.1) is 0 Å². The van der Waals surface area contributed by atoms with Crippen molar-refractivity contribution in [3.8, 4) is 0 Å². The van der Waals surface area contributed by atoms with Gasteiger partial charge in [0.15, 0.2) is 0 Å². The number of rotatable bonds is 2. The molecule has 82 valence electrons. The molecule has 0 spiro atoms. The summed E-state index contributed by atoms with van der Waals surface area (Å²) in [4.78, 5) is 11.6. The van der Waals surface area contributed by atoms with Crippen molar-refractivity contribution in [2.75, 3.05) is 5.06 Å². The maximum absolute atomic E-state index is 11.6. The normalized spacial score (nSPS) is 11.2. The molecule has 0 aliphatic carbocycles. The number of anilines is 1. The summed E-state index contributed by atoms with van der Waals surface area (Å²) in [5.74, 6) is -0.284. The molecule has 1 rings (SSSR count). The van der Waals surface area contributed by atoms with E-state index in [4.69, 9.17) is 0 Å². The lowest BCUT2D eigenvalue weighted by atomic mass is 9.92. The Morgan fingerprint density at radius 2 is 1.80 bits per heavy atom. The Labute approximate surface area is 90.3 Å². The summed E-state index contributed by atoms with van der Waals surface area (Å²) in [7, 11) is 0. The summed E-state index contributed by atoms with van der Waals surface area (Å²) >= 11 is 0. The maximum atomic E-state index is 11.6. The highest BCUT2D eigenvalue weighted by molar-refractivity contribution is 5.91. The first-order valence-corrected chi connectivity index (χ1v) is 4.97. The van der Waals surface area contributed by atoms with Crippen LogP contribution in [0.4, 0.5) is 5.69 Å². The van der Waals surface area contributed by atoms with Crippen LogP contribution in [0.2, 0.25) is 0 Å². The topological polar surface area (TPSA) is 40.5 Å². The van der Waals surface area contributed by atoms with Crippen molar-refractivity contribution < 1.29 is 10.0 Å². The molecule has 0 unspecified atom stereocenters. The third-order valence-corrected chi connectivity index (χ3v) is 1.92. The summed E-state index contributed by atoms with van der Waals surface area (Å²) in [5, 5.41) is 10.3. The molecule has 0 radical (unpaired) electrons. The van der Waals surface area contributed by atoms with Crippen molar-refractivity contribution in [3.63, 3.8) is 0 Å². The lowest BCUT2D eigenvalue weighted by Crippen LogP contribution is -2.30. The van der Waals surface area contributed by atoms with Crippen molar-refractivity contribution in [3.05, 3.63) is 30.3 Å². The molecule has 0 fully saturated rings. The van der Waals surface area contributed by atoms with E-state index in [0.717, 1.165) is 0 Å². The van der Waals surface area contributed by atoms with Gasteiger partial charge < -0.3 is 0 Å². The van der Waals surface area contributed by atoms with Crippen LogP contribution < -0.4 is 5.06 Å². The Morgan fingerprint density at radius 3 is 2.27 bits per heavy atom. The number of hydrogen-bond acceptors (Lipinski definition) is 2. The van der Waals surface area contributed by atoms with E-state index < -0.39 is 0 Å². The Balaban J connectivity index is 2.70. The summed E-state index contributed by atoms with van der Waals surface area (Å²) in [6.07, 6.45) is 0.318. The van der Waals surface area contributed by atoms with E-state index in [1.807, 2.05) is 26.8 Å². The SMILES string of the molecule is CC(C)(C)CC(=O)N(O)c1ccccc1. The van der Waals surface area contributed by atoms with E-state index in [9.17, 15) is 10.0 Å². The molecular formula is C12H17NO2. The van der Waals surface area contributed by atoms with Gasteiger partial charge in [-0.25, -0.2) is 0 Å². The lowest BCUT2D eigenvalue weighted by molar-refractivity contribution is -0.125. The van der Waals surface area contributed by atoms with Crippen LogP contribution >= 0.6 is 0 Å². The molecule has 0 bridgehead atoms. The van der Waals surface area contributed by atoms with Crippen molar-refractivity contribution in [1.82, 2.24) is 0 Å². The number of benzene rings is 1. The highest BCUT2D eigenvalue weighted by atomic mass is 16.5. The zero-order valence-electron chi connectivity index (χ0n) is 9.40. The average molecular weight is 207 g/mol. The van der Waals surface area contributed by atoms with E-state index in [1.54, 1.807) is 24.3 Å². The van der Waals surface area contributed by atoms with Crippen LogP contribution in [-0.2, 0) is 4.79 Å². The number of hydroxylamine groups is 1. The minimum absolute atomic E-state index is 0.118. The molecule has 3 heteroatoms. The number of carbonyl (C=O) groups is 1. The largest absolute Gasteiger partial charge is 0.281 e. The van der Waals surface area contributed by atoms with Gasteiger partial charge in [0.25, 0.3) is 5.91 Å². The minimum atomic E-state index is -0.284. The van der Waals surface area contributed by atoms with E-state index in [-0.39, 0.29) is 11.3 Å². The molecule has 0 heterocycles. The molecule has 1 aromatic rings. The number of para-hydroxylation sites is 1. The van der Waals surface area contributed by atoms with Crippen molar-refractivity contribution in [2.45, 2.75) is 27.2 Å². The van der Waals surface area contributed by atoms with Crippen molar-refractivity contribution >= 4 is 11.6 Å². The molecule has 3 nitrogen and oxygen atoms in total. The molecule has 0 atom stereocenters. The van der Waals surface area contributed by atoms with Crippen LogP contribution in [0.15, 0.2) is 30.3 Å². The van der Waals surface area contributed by atoms with Gasteiger partial charge >= 0.3 is 0 Å². The zero-order valence-corrected chi connectivity index (χ0v) is 9.40. The maximum Gasteiger partial charge on any atom is 0.251 e. The first-order chi connectivity index (χ1) is 6.90. The van der Waals surface area contributed by atoms with Gasteiger partial charge in [0.1, 0.15) is 0 Å². The second-order valence-electron chi connectivity index (χ2n) is 4.78. The predicted octanol–water partition coefficient (Wildman–Crippen LogP) is 2.85. The lowest BCUT2D eigenvalue weighted by Gasteiger charge is -2.21. The summed E-state index contributed by atoms with van der Waals surface area (Å²) in [6, 6.07) is 8.79. The molecule has 1 aromatic carbocycles. The molecule has 0 aromatic heterocycles. The number of hydrogen-bond donors (Lipinski definition) is 1. The monoisotopic (exact) mass is 207 g/mol. The van der Waals surface area contributed by atoms with E-state index in [2.05, 4.69) is 0 Å². The van der Waals surface area contributed by atoms with Gasteiger partial charge in [-0.05, 0) is 17.5 Å². The molecule has 0 aliphatic rings. The zero-order chi connectivity index (χ0) is 11.5. The Bertz CT molecular complexity index is 327. The van der Waals surface area contributed by atoms with Gasteiger partial charge in [-0.2, -0.15) is 5.06 Å². The first kappa shape index (κ1) is 11.7. The van der Waals surface area contributed by atoms with Crippen LogP contribution in [0.1, 0.15) is 27.2 Å². The van der Waals surface area contributed by atoms with Crippen LogP contribution in [-0.4, -0.2) is 11.1 Å². The summed E-state index contributed by atoms with van der Waals surface area (Å²) in [6.45, 7) is 5.89. The van der Waals surface area contributed by atoms with Gasteiger partial charge in [-0.3, -0.25) is 10.0 Å². The standard InChI is InChI=1S/C12H17NO2/c1-12(2,3)9-11(14)13(15)10-7-5-4-6-8-10/h4-8,15H,9H2,1-3H3. The second-order valence-corrected chi connectivity index (χ2v) is 4.78. The van der Waals surface area contributed by atoms with Crippen molar-refractivity contribution in [1.29, 1.82) is 0 Å². The predicted molar refractivity (Wildman–Crippen MR) is 59.8 cm³/mol. The Kier molecular flexibility index (Phi) is 3.48.